The summed E-state index contributed by atoms with van der Waals surface area (Å²) >= 11 is 0. The molecule has 0 atom stereocenters. The van der Waals surface area contributed by atoms with E-state index in [-0.39, 0.29) is 17.2 Å². The Bertz CT molecular complexity index is 477. The highest BCUT2D eigenvalue weighted by molar-refractivity contribution is 6.00. The lowest BCUT2D eigenvalue weighted by molar-refractivity contribution is -0.116. The Morgan fingerprint density at radius 1 is 1.44 bits per heavy atom. The van der Waals surface area contributed by atoms with Crippen LogP contribution < -0.4 is 5.32 Å². The molecule has 0 bridgehead atoms. The zero-order valence-electron chi connectivity index (χ0n) is 9.85. The molecule has 0 aliphatic carbocycles. The number of aromatic nitrogens is 1. The van der Waals surface area contributed by atoms with E-state index in [0.29, 0.717) is 19.3 Å². The maximum atomic E-state index is 11.6. The summed E-state index contributed by atoms with van der Waals surface area (Å²) in [5.41, 5.74) is 0.244. The number of unbranched alkanes of at least 4 members (excludes halogenated alkanes) is 2. The van der Waals surface area contributed by atoms with Crippen LogP contribution in [0.3, 0.4) is 0 Å². The van der Waals surface area contributed by atoms with Crippen molar-refractivity contribution in [2.75, 3.05) is 5.32 Å². The first-order valence-electron chi connectivity index (χ1n) is 5.55. The van der Waals surface area contributed by atoms with E-state index in [4.69, 9.17) is 11.5 Å². The number of hydrogen-bond donors (Lipinski definition) is 2. The van der Waals surface area contributed by atoms with E-state index in [9.17, 15) is 9.59 Å². The molecule has 1 rings (SSSR count). The molecule has 1 aromatic rings. The number of carbonyl (C=O) groups is 2. The first-order chi connectivity index (χ1) is 8.65. The molecule has 0 saturated carbocycles. The fourth-order valence-electron chi connectivity index (χ4n) is 1.41. The van der Waals surface area contributed by atoms with Gasteiger partial charge in [0.25, 0.3) is 0 Å². The number of nitrogens with one attached hydrogen (secondary N) is 1. The van der Waals surface area contributed by atoms with E-state index in [1.165, 1.54) is 18.5 Å². The minimum Gasteiger partial charge on any atom is -0.478 e. The largest absolute Gasteiger partial charge is 0.478 e. The van der Waals surface area contributed by atoms with Crippen LogP contribution in [0.5, 0.6) is 0 Å². The van der Waals surface area contributed by atoms with Crippen molar-refractivity contribution in [3.63, 3.8) is 0 Å². The van der Waals surface area contributed by atoms with Gasteiger partial charge in [-0.25, -0.2) is 4.79 Å². The predicted molar refractivity (Wildman–Crippen MR) is 67.1 cm³/mol. The minimum atomic E-state index is -1.10. The molecule has 1 amide bonds. The van der Waals surface area contributed by atoms with Crippen LogP contribution in [0.2, 0.25) is 0 Å². The van der Waals surface area contributed by atoms with Crippen LogP contribution in [0, 0.1) is 12.3 Å². The quantitative estimate of drug-likeness (QED) is 0.593. The predicted octanol–water partition coefficient (Wildman–Crippen LogP) is 1.91. The molecule has 0 spiro atoms. The summed E-state index contributed by atoms with van der Waals surface area (Å²) in [4.78, 5) is 26.3. The number of aromatic carboxylic acids is 1. The zero-order chi connectivity index (χ0) is 13.4. The van der Waals surface area contributed by atoms with Gasteiger partial charge in [0.1, 0.15) is 0 Å². The second kappa shape index (κ2) is 7.07. The lowest BCUT2D eigenvalue weighted by Gasteiger charge is -2.07. The summed E-state index contributed by atoms with van der Waals surface area (Å²) in [5, 5.41) is 11.5. The van der Waals surface area contributed by atoms with E-state index in [1.54, 1.807) is 0 Å². The summed E-state index contributed by atoms with van der Waals surface area (Å²) in [6.45, 7) is 0. The van der Waals surface area contributed by atoms with Crippen molar-refractivity contribution in [1.29, 1.82) is 0 Å². The molecule has 0 aromatic carbocycles. The lowest BCUT2D eigenvalue weighted by Crippen LogP contribution is -2.14. The van der Waals surface area contributed by atoms with Gasteiger partial charge < -0.3 is 10.4 Å². The number of anilines is 1. The lowest BCUT2D eigenvalue weighted by atomic mass is 10.2. The maximum absolute atomic E-state index is 11.6. The van der Waals surface area contributed by atoms with Gasteiger partial charge in [-0.15, -0.1) is 12.3 Å². The molecular formula is C13H14N2O3. The van der Waals surface area contributed by atoms with Gasteiger partial charge in [0.05, 0.1) is 17.4 Å². The number of nitrogens with zero attached hydrogens (tertiary/aromatic N) is 1. The third-order valence-corrected chi connectivity index (χ3v) is 2.30. The van der Waals surface area contributed by atoms with Crippen molar-refractivity contribution in [1.82, 2.24) is 4.98 Å². The first-order valence-corrected chi connectivity index (χ1v) is 5.55. The normalized spacial score (nSPS) is 9.50. The van der Waals surface area contributed by atoms with Gasteiger partial charge in [-0.3, -0.25) is 9.78 Å². The second-order valence-corrected chi connectivity index (χ2v) is 3.69. The molecule has 0 unspecified atom stereocenters. The molecule has 5 heteroatoms. The molecule has 0 radical (unpaired) electrons. The van der Waals surface area contributed by atoms with Crippen molar-refractivity contribution < 1.29 is 14.7 Å². The molecular weight excluding hydrogens is 232 g/mol. The highest BCUT2D eigenvalue weighted by Crippen LogP contribution is 2.14. The summed E-state index contributed by atoms with van der Waals surface area (Å²) in [6, 6.07) is 1.34. The highest BCUT2D eigenvalue weighted by Gasteiger charge is 2.11. The Morgan fingerprint density at radius 3 is 2.89 bits per heavy atom. The topological polar surface area (TPSA) is 79.3 Å². The Hall–Kier alpha value is -2.35. The number of hydrogen-bond acceptors (Lipinski definition) is 3. The Kier molecular flexibility index (Phi) is 5.39. The van der Waals surface area contributed by atoms with Crippen LogP contribution in [-0.4, -0.2) is 22.0 Å². The fourth-order valence-corrected chi connectivity index (χ4v) is 1.41. The molecule has 5 nitrogen and oxygen atoms in total. The second-order valence-electron chi connectivity index (χ2n) is 3.69. The Labute approximate surface area is 105 Å². The van der Waals surface area contributed by atoms with Gasteiger partial charge in [-0.1, -0.05) is 0 Å². The number of amides is 1. The van der Waals surface area contributed by atoms with Crippen LogP contribution in [-0.2, 0) is 4.79 Å². The van der Waals surface area contributed by atoms with Gasteiger partial charge >= 0.3 is 5.97 Å². The summed E-state index contributed by atoms with van der Waals surface area (Å²) in [7, 11) is 0. The minimum absolute atomic E-state index is 0.0296. The van der Waals surface area contributed by atoms with Gasteiger partial charge in [0.15, 0.2) is 0 Å². The molecule has 18 heavy (non-hydrogen) atoms. The number of pyridine rings is 1. The Morgan fingerprint density at radius 2 is 2.22 bits per heavy atom. The highest BCUT2D eigenvalue weighted by atomic mass is 16.4. The van der Waals surface area contributed by atoms with Crippen molar-refractivity contribution in [3.8, 4) is 12.3 Å². The van der Waals surface area contributed by atoms with E-state index < -0.39 is 5.97 Å². The van der Waals surface area contributed by atoms with Gasteiger partial charge in [0, 0.05) is 19.0 Å². The number of rotatable bonds is 6. The van der Waals surface area contributed by atoms with E-state index in [2.05, 4.69) is 16.2 Å². The third-order valence-electron chi connectivity index (χ3n) is 2.30. The molecule has 0 aliphatic rings. The van der Waals surface area contributed by atoms with Crippen molar-refractivity contribution >= 4 is 17.6 Å². The fraction of sp³-hybridized carbons (Fsp3) is 0.308. The molecule has 0 saturated heterocycles. The molecule has 94 valence electrons. The van der Waals surface area contributed by atoms with Crippen LogP contribution in [0.1, 0.15) is 36.0 Å². The van der Waals surface area contributed by atoms with E-state index >= 15 is 0 Å². The number of carbonyl (C=O) groups excluding carboxylic acids is 1. The molecule has 1 heterocycles. The molecule has 0 fully saturated rings. The van der Waals surface area contributed by atoms with Gasteiger partial charge in [0.2, 0.25) is 5.91 Å². The van der Waals surface area contributed by atoms with Crippen LogP contribution >= 0.6 is 0 Å². The number of carboxylic acid groups (broad SMARTS) is 1. The Balaban J connectivity index is 2.54. The smallest absolute Gasteiger partial charge is 0.337 e. The number of carboxylic acids is 1. The van der Waals surface area contributed by atoms with Crippen LogP contribution in [0.15, 0.2) is 18.5 Å². The van der Waals surface area contributed by atoms with Crippen molar-refractivity contribution in [2.24, 2.45) is 0 Å². The van der Waals surface area contributed by atoms with Gasteiger partial charge in [-0.2, -0.15) is 0 Å². The average Bonchev–Trinajstić information content (AvgIpc) is 2.35. The summed E-state index contributed by atoms with van der Waals surface area (Å²) in [5.74, 6) is 1.16. The SMILES string of the molecule is C#CCCCCC(=O)Nc1cnccc1C(=O)O. The number of terminal acetylenes is 1. The standard InChI is InChI=1S/C13H14N2O3/c1-2-3-4-5-6-12(16)15-11-9-14-8-7-10(11)13(17)18/h1,7-9H,3-6H2,(H,15,16)(H,17,18). The monoisotopic (exact) mass is 246 g/mol. The molecule has 2 N–H and O–H groups in total. The van der Waals surface area contributed by atoms with Crippen molar-refractivity contribution in [2.45, 2.75) is 25.7 Å². The van der Waals surface area contributed by atoms with Crippen LogP contribution in [0.4, 0.5) is 5.69 Å². The van der Waals surface area contributed by atoms with Gasteiger partial charge in [-0.05, 0) is 18.9 Å². The van der Waals surface area contributed by atoms with E-state index in [0.717, 1.165) is 6.42 Å². The maximum Gasteiger partial charge on any atom is 0.337 e. The summed E-state index contributed by atoms with van der Waals surface area (Å²) < 4.78 is 0. The first kappa shape index (κ1) is 13.7. The van der Waals surface area contributed by atoms with Crippen LogP contribution in [0.25, 0.3) is 0 Å². The zero-order valence-corrected chi connectivity index (χ0v) is 9.85. The molecule has 1 aromatic heterocycles. The average molecular weight is 246 g/mol. The third kappa shape index (κ3) is 4.26. The summed E-state index contributed by atoms with van der Waals surface area (Å²) in [6.07, 6.45) is 10.2. The van der Waals surface area contributed by atoms with Crippen molar-refractivity contribution in [3.05, 3.63) is 24.0 Å². The van der Waals surface area contributed by atoms with E-state index in [1.807, 2.05) is 0 Å². The molecule has 0 aliphatic heterocycles.